The average molecular weight is 129 g/mol. The van der Waals surface area contributed by atoms with Gasteiger partial charge in [0, 0.05) is 6.04 Å². The smallest absolute Gasteiger partial charge is 0.0526 e. The first kappa shape index (κ1) is 7.03. The first-order valence-electron chi connectivity index (χ1n) is 3.70. The second-order valence-electron chi connectivity index (χ2n) is 2.88. The maximum atomic E-state index is 8.97. The summed E-state index contributed by atoms with van der Waals surface area (Å²) in [5, 5.41) is 12.3. The molecule has 2 unspecified atom stereocenters. The highest BCUT2D eigenvalue weighted by Gasteiger charge is 2.14. The molecule has 0 radical (unpaired) electrons. The van der Waals surface area contributed by atoms with Crippen LogP contribution in [-0.4, -0.2) is 23.8 Å². The Balaban J connectivity index is 2.11. The Morgan fingerprint density at radius 3 is 3.00 bits per heavy atom. The van der Waals surface area contributed by atoms with E-state index in [1.54, 1.807) is 0 Å². The molecule has 0 aromatic rings. The van der Waals surface area contributed by atoms with Crippen LogP contribution in [0.5, 0.6) is 0 Å². The minimum Gasteiger partial charge on any atom is -0.393 e. The molecular weight excluding hydrogens is 114 g/mol. The van der Waals surface area contributed by atoms with Gasteiger partial charge in [-0.2, -0.15) is 0 Å². The molecule has 0 saturated carbocycles. The van der Waals surface area contributed by atoms with Gasteiger partial charge in [-0.25, -0.2) is 0 Å². The number of aliphatic hydroxyl groups is 1. The maximum Gasteiger partial charge on any atom is 0.0526 e. The first-order valence-corrected chi connectivity index (χ1v) is 3.70. The molecule has 0 aromatic heterocycles. The van der Waals surface area contributed by atoms with Crippen molar-refractivity contribution in [3.05, 3.63) is 0 Å². The fourth-order valence-corrected chi connectivity index (χ4v) is 1.37. The quantitative estimate of drug-likeness (QED) is 0.569. The summed E-state index contributed by atoms with van der Waals surface area (Å²) in [7, 11) is 0. The van der Waals surface area contributed by atoms with Gasteiger partial charge in [0.25, 0.3) is 0 Å². The van der Waals surface area contributed by atoms with E-state index < -0.39 is 0 Å². The molecule has 2 N–H and O–H groups in total. The summed E-state index contributed by atoms with van der Waals surface area (Å²) in [4.78, 5) is 0. The maximum absolute atomic E-state index is 8.97. The van der Waals surface area contributed by atoms with Crippen LogP contribution in [0, 0.1) is 0 Å². The third-order valence-electron chi connectivity index (χ3n) is 1.79. The van der Waals surface area contributed by atoms with E-state index in [1.165, 1.54) is 12.8 Å². The molecule has 9 heavy (non-hydrogen) atoms. The zero-order valence-electron chi connectivity index (χ0n) is 5.93. The summed E-state index contributed by atoms with van der Waals surface area (Å²) in [6.45, 7) is 2.98. The van der Waals surface area contributed by atoms with E-state index in [-0.39, 0.29) is 6.10 Å². The van der Waals surface area contributed by atoms with Gasteiger partial charge in [-0.3, -0.25) is 0 Å². The average Bonchev–Trinajstić information content (AvgIpc) is 2.15. The van der Waals surface area contributed by atoms with Crippen molar-refractivity contribution in [1.82, 2.24) is 5.32 Å². The molecule has 1 aliphatic heterocycles. The standard InChI is InChI=1S/C7H15NO/c1-6(9)5-7-3-2-4-8-7/h6-9H,2-5H2,1H3. The monoisotopic (exact) mass is 129 g/mol. The highest BCUT2D eigenvalue weighted by atomic mass is 16.3. The molecule has 54 valence electrons. The summed E-state index contributed by atoms with van der Waals surface area (Å²) in [6.07, 6.45) is 3.29. The Hall–Kier alpha value is -0.0800. The Morgan fingerprint density at radius 2 is 2.56 bits per heavy atom. The zero-order chi connectivity index (χ0) is 6.69. The summed E-state index contributed by atoms with van der Waals surface area (Å²) < 4.78 is 0. The van der Waals surface area contributed by atoms with Gasteiger partial charge in [0.2, 0.25) is 0 Å². The second-order valence-corrected chi connectivity index (χ2v) is 2.88. The highest BCUT2D eigenvalue weighted by molar-refractivity contribution is 4.75. The number of nitrogens with one attached hydrogen (secondary N) is 1. The van der Waals surface area contributed by atoms with Crippen LogP contribution in [0.3, 0.4) is 0 Å². The third kappa shape index (κ3) is 2.33. The van der Waals surface area contributed by atoms with E-state index in [9.17, 15) is 0 Å². The highest BCUT2D eigenvalue weighted by Crippen LogP contribution is 2.09. The van der Waals surface area contributed by atoms with Gasteiger partial charge in [-0.1, -0.05) is 0 Å². The lowest BCUT2D eigenvalue weighted by atomic mass is 10.1. The van der Waals surface area contributed by atoms with Crippen molar-refractivity contribution >= 4 is 0 Å². The van der Waals surface area contributed by atoms with Crippen molar-refractivity contribution in [2.45, 2.75) is 38.3 Å². The molecule has 0 aliphatic carbocycles. The summed E-state index contributed by atoms with van der Waals surface area (Å²) in [6, 6.07) is 0.588. The number of hydrogen-bond acceptors (Lipinski definition) is 2. The van der Waals surface area contributed by atoms with Crippen LogP contribution in [0.25, 0.3) is 0 Å². The molecule has 1 aliphatic rings. The zero-order valence-corrected chi connectivity index (χ0v) is 5.93. The molecule has 0 spiro atoms. The van der Waals surface area contributed by atoms with Gasteiger partial charge in [0.05, 0.1) is 6.10 Å². The van der Waals surface area contributed by atoms with E-state index in [2.05, 4.69) is 5.32 Å². The van der Waals surface area contributed by atoms with Gasteiger partial charge in [0.1, 0.15) is 0 Å². The summed E-state index contributed by atoms with van der Waals surface area (Å²) >= 11 is 0. The van der Waals surface area contributed by atoms with Crippen molar-refractivity contribution in [3.8, 4) is 0 Å². The molecule has 1 saturated heterocycles. The van der Waals surface area contributed by atoms with Crippen LogP contribution in [0.2, 0.25) is 0 Å². The van der Waals surface area contributed by atoms with Crippen molar-refractivity contribution in [1.29, 1.82) is 0 Å². The molecule has 0 bridgehead atoms. The van der Waals surface area contributed by atoms with Gasteiger partial charge >= 0.3 is 0 Å². The van der Waals surface area contributed by atoms with Gasteiger partial charge < -0.3 is 10.4 Å². The predicted molar refractivity (Wildman–Crippen MR) is 37.3 cm³/mol. The summed E-state index contributed by atoms with van der Waals surface area (Å²) in [5.41, 5.74) is 0. The van der Waals surface area contributed by atoms with Crippen LogP contribution >= 0.6 is 0 Å². The fourth-order valence-electron chi connectivity index (χ4n) is 1.37. The van der Waals surface area contributed by atoms with Gasteiger partial charge in [0.15, 0.2) is 0 Å². The Morgan fingerprint density at radius 1 is 1.78 bits per heavy atom. The fraction of sp³-hybridized carbons (Fsp3) is 1.00. The molecule has 1 heterocycles. The molecule has 0 amide bonds. The lowest BCUT2D eigenvalue weighted by Gasteiger charge is -2.10. The van der Waals surface area contributed by atoms with Crippen molar-refractivity contribution in [3.63, 3.8) is 0 Å². The lowest BCUT2D eigenvalue weighted by Crippen LogP contribution is -2.25. The van der Waals surface area contributed by atoms with Crippen molar-refractivity contribution in [2.75, 3.05) is 6.54 Å². The minimum absolute atomic E-state index is 0.138. The van der Waals surface area contributed by atoms with Gasteiger partial charge in [-0.05, 0) is 32.7 Å². The first-order chi connectivity index (χ1) is 4.29. The topological polar surface area (TPSA) is 32.3 Å². The molecule has 2 heteroatoms. The molecule has 2 atom stereocenters. The molecule has 0 aromatic carbocycles. The number of hydrogen-bond donors (Lipinski definition) is 2. The number of aliphatic hydroxyl groups excluding tert-OH is 1. The molecule has 2 nitrogen and oxygen atoms in total. The number of rotatable bonds is 2. The Kier molecular flexibility index (Phi) is 2.49. The van der Waals surface area contributed by atoms with E-state index in [0.717, 1.165) is 13.0 Å². The van der Waals surface area contributed by atoms with Crippen molar-refractivity contribution in [2.24, 2.45) is 0 Å². The van der Waals surface area contributed by atoms with Crippen LogP contribution in [0.4, 0.5) is 0 Å². The predicted octanol–water partition coefficient (Wildman–Crippen LogP) is 0.509. The third-order valence-corrected chi connectivity index (χ3v) is 1.79. The minimum atomic E-state index is -0.138. The van der Waals surface area contributed by atoms with E-state index in [4.69, 9.17) is 5.11 Å². The van der Waals surface area contributed by atoms with Crippen molar-refractivity contribution < 1.29 is 5.11 Å². The Labute approximate surface area is 56.3 Å². The lowest BCUT2D eigenvalue weighted by molar-refractivity contribution is 0.171. The van der Waals surface area contributed by atoms with Crippen LogP contribution in [0.1, 0.15) is 26.2 Å². The van der Waals surface area contributed by atoms with Gasteiger partial charge in [-0.15, -0.1) is 0 Å². The normalized spacial score (nSPS) is 30.7. The molecule has 1 rings (SSSR count). The van der Waals surface area contributed by atoms with Crippen LogP contribution < -0.4 is 5.32 Å². The summed E-state index contributed by atoms with van der Waals surface area (Å²) in [5.74, 6) is 0. The van der Waals surface area contributed by atoms with Crippen LogP contribution in [0.15, 0.2) is 0 Å². The van der Waals surface area contributed by atoms with Crippen LogP contribution in [-0.2, 0) is 0 Å². The SMILES string of the molecule is CC(O)CC1CCCN1. The van der Waals surface area contributed by atoms with E-state index in [0.29, 0.717) is 6.04 Å². The molecular formula is C7H15NO. The second kappa shape index (κ2) is 3.18. The Bertz CT molecular complexity index is 77.0. The van der Waals surface area contributed by atoms with E-state index in [1.807, 2.05) is 6.92 Å². The largest absolute Gasteiger partial charge is 0.393 e. The van der Waals surface area contributed by atoms with E-state index >= 15 is 0 Å². The molecule has 1 fully saturated rings.